The van der Waals surface area contributed by atoms with Crippen LogP contribution in [0.25, 0.3) is 10.9 Å². The molecule has 11 heteroatoms. The van der Waals surface area contributed by atoms with Crippen LogP contribution in [0.4, 0.5) is 13.2 Å². The van der Waals surface area contributed by atoms with Crippen LogP contribution < -0.4 is 15.1 Å². The lowest BCUT2D eigenvalue weighted by Crippen LogP contribution is -2.18. The van der Waals surface area contributed by atoms with Crippen LogP contribution in [0.15, 0.2) is 88.1 Å². The van der Waals surface area contributed by atoms with E-state index in [1.807, 2.05) is 24.3 Å². The second-order valence-electron chi connectivity index (χ2n) is 9.64. The van der Waals surface area contributed by atoms with Crippen LogP contribution in [0.1, 0.15) is 44.4 Å². The Hall–Kier alpha value is -5.19. The van der Waals surface area contributed by atoms with Crippen molar-refractivity contribution in [3.63, 3.8) is 0 Å². The van der Waals surface area contributed by atoms with Crippen molar-refractivity contribution >= 4 is 16.9 Å². The van der Waals surface area contributed by atoms with E-state index in [1.54, 1.807) is 24.3 Å². The Morgan fingerprint density at radius 3 is 2.42 bits per heavy atom. The van der Waals surface area contributed by atoms with Crippen molar-refractivity contribution in [1.82, 2.24) is 4.98 Å². The fraction of sp³-hybridized carbons (Fsp3) is 0.188. The fourth-order valence-electron chi connectivity index (χ4n) is 5.08. The third kappa shape index (κ3) is 6.35. The van der Waals surface area contributed by atoms with E-state index in [1.165, 1.54) is 32.2 Å². The molecule has 0 bridgehead atoms. The van der Waals surface area contributed by atoms with Gasteiger partial charge < -0.3 is 28.7 Å². The Bertz CT molecular complexity index is 1820. The van der Waals surface area contributed by atoms with Gasteiger partial charge in [-0.15, -0.1) is 13.2 Å². The predicted molar refractivity (Wildman–Crippen MR) is 151 cm³/mol. The molecule has 5 aromatic rings. The summed E-state index contributed by atoms with van der Waals surface area (Å²) in [5, 5.41) is 11.7. The van der Waals surface area contributed by atoms with Gasteiger partial charge in [-0.05, 0) is 48.4 Å². The quantitative estimate of drug-likeness (QED) is 0.185. The van der Waals surface area contributed by atoms with Crippen LogP contribution in [0.2, 0.25) is 0 Å². The summed E-state index contributed by atoms with van der Waals surface area (Å²) in [7, 11) is 1.45. The van der Waals surface area contributed by atoms with Crippen molar-refractivity contribution in [2.75, 3.05) is 13.7 Å². The van der Waals surface area contributed by atoms with Crippen LogP contribution in [-0.4, -0.2) is 36.1 Å². The molecule has 0 radical (unpaired) electrons. The Kier molecular flexibility index (Phi) is 8.16. The highest BCUT2D eigenvalue weighted by Crippen LogP contribution is 2.40. The number of ether oxygens (including phenoxy) is 3. The zero-order valence-electron chi connectivity index (χ0n) is 23.0. The number of H-pyrrole nitrogens is 1. The number of para-hydroxylation sites is 2. The number of hydrogen-bond acceptors (Lipinski definition) is 7. The van der Waals surface area contributed by atoms with E-state index < -0.39 is 29.6 Å². The van der Waals surface area contributed by atoms with Crippen molar-refractivity contribution in [2.45, 2.75) is 25.6 Å². The number of benzene rings is 3. The molecule has 8 nitrogen and oxygen atoms in total. The van der Waals surface area contributed by atoms with Crippen LogP contribution >= 0.6 is 0 Å². The molecule has 0 spiro atoms. The molecule has 43 heavy (non-hydrogen) atoms. The highest BCUT2D eigenvalue weighted by atomic mass is 19.4. The van der Waals surface area contributed by atoms with E-state index in [-0.39, 0.29) is 35.7 Å². The highest BCUT2D eigenvalue weighted by molar-refractivity contribution is 5.92. The first-order valence-corrected chi connectivity index (χ1v) is 13.1. The minimum atomic E-state index is -4.89. The molecule has 2 N–H and O–H groups in total. The van der Waals surface area contributed by atoms with Gasteiger partial charge in [0.05, 0.1) is 25.2 Å². The van der Waals surface area contributed by atoms with Crippen molar-refractivity contribution in [3.05, 3.63) is 123 Å². The lowest BCUT2D eigenvalue weighted by molar-refractivity contribution is -0.274. The number of nitrogens with one attached hydrogen (secondary N) is 1. The fourth-order valence-corrected chi connectivity index (χ4v) is 5.08. The van der Waals surface area contributed by atoms with Crippen molar-refractivity contribution in [3.8, 4) is 17.2 Å². The third-order valence-electron chi connectivity index (χ3n) is 6.87. The number of aryl methyl sites for hydroxylation is 1. The molecular formula is C32H26F3NO7. The number of halogens is 3. The Balaban J connectivity index is 1.58. The Morgan fingerprint density at radius 1 is 1.02 bits per heavy atom. The second-order valence-corrected chi connectivity index (χ2v) is 9.64. The molecule has 5 rings (SSSR count). The molecule has 0 aliphatic carbocycles. The summed E-state index contributed by atoms with van der Waals surface area (Å²) < 4.78 is 58.6. The number of carbonyl (C=O) groups excluding carboxylic acids is 1. The average Bonchev–Trinajstić information content (AvgIpc) is 3.32. The maximum absolute atomic E-state index is 13.2. The molecule has 0 amide bonds. The maximum Gasteiger partial charge on any atom is 0.573 e. The molecule has 222 valence electrons. The van der Waals surface area contributed by atoms with Gasteiger partial charge in [0.2, 0.25) is 0 Å². The van der Waals surface area contributed by atoms with Gasteiger partial charge in [0.1, 0.15) is 28.6 Å². The molecule has 0 saturated carbocycles. The molecule has 0 aliphatic heterocycles. The molecule has 2 aromatic heterocycles. The minimum Gasteiger partial charge on any atom is -0.507 e. The number of alkyl halides is 3. The summed E-state index contributed by atoms with van der Waals surface area (Å²) in [6.07, 6.45) is -4.69. The van der Waals surface area contributed by atoms with Crippen molar-refractivity contribution in [1.29, 1.82) is 0 Å². The summed E-state index contributed by atoms with van der Waals surface area (Å²) in [5.41, 5.74) is 1.53. The van der Waals surface area contributed by atoms with Crippen LogP contribution in [0.5, 0.6) is 17.2 Å². The molecule has 1 unspecified atom stereocenters. The lowest BCUT2D eigenvalue weighted by atomic mass is 9.86. The number of aromatic hydroxyl groups is 1. The number of esters is 1. The first kappa shape index (κ1) is 29.3. The third-order valence-corrected chi connectivity index (χ3v) is 6.87. The van der Waals surface area contributed by atoms with Gasteiger partial charge in [0.25, 0.3) is 0 Å². The summed E-state index contributed by atoms with van der Waals surface area (Å²) in [5.74, 6) is -1.84. The van der Waals surface area contributed by atoms with Crippen LogP contribution in [0, 0.1) is 6.92 Å². The summed E-state index contributed by atoms with van der Waals surface area (Å²) >= 11 is 0. The van der Waals surface area contributed by atoms with E-state index in [9.17, 15) is 27.9 Å². The number of aromatic amines is 1. The first-order chi connectivity index (χ1) is 20.6. The average molecular weight is 594 g/mol. The van der Waals surface area contributed by atoms with E-state index >= 15 is 0 Å². The number of methoxy groups -OCH3 is 1. The second kappa shape index (κ2) is 12.0. The van der Waals surface area contributed by atoms with E-state index in [0.29, 0.717) is 28.1 Å². The van der Waals surface area contributed by atoms with Gasteiger partial charge in [0.15, 0.2) is 0 Å². The maximum atomic E-state index is 13.2. The first-order valence-electron chi connectivity index (χ1n) is 13.1. The monoisotopic (exact) mass is 593 g/mol. The number of fused-ring (bicyclic) bond motifs is 1. The molecule has 1 atom stereocenters. The summed E-state index contributed by atoms with van der Waals surface area (Å²) in [6.45, 7) is 1.46. The van der Waals surface area contributed by atoms with Crippen LogP contribution in [0.3, 0.4) is 0 Å². The summed E-state index contributed by atoms with van der Waals surface area (Å²) in [6, 6.07) is 20.2. The molecule has 0 fully saturated rings. The number of hydrogen-bond donors (Lipinski definition) is 2. The smallest absolute Gasteiger partial charge is 0.507 e. The van der Waals surface area contributed by atoms with Gasteiger partial charge in [-0.25, -0.2) is 9.59 Å². The number of aromatic nitrogens is 1. The van der Waals surface area contributed by atoms with Gasteiger partial charge in [-0.2, -0.15) is 0 Å². The topological polar surface area (TPSA) is 111 Å². The summed E-state index contributed by atoms with van der Waals surface area (Å²) in [4.78, 5) is 29.3. The zero-order valence-corrected chi connectivity index (χ0v) is 23.0. The molecule has 2 heterocycles. The molecular weight excluding hydrogens is 567 g/mol. The van der Waals surface area contributed by atoms with Gasteiger partial charge in [-0.1, -0.05) is 42.5 Å². The largest absolute Gasteiger partial charge is 0.573 e. The normalized spacial score (nSPS) is 12.2. The van der Waals surface area contributed by atoms with E-state index in [4.69, 9.17) is 13.9 Å². The van der Waals surface area contributed by atoms with Gasteiger partial charge in [0, 0.05) is 29.1 Å². The highest BCUT2D eigenvalue weighted by Gasteiger charge is 2.32. The SMILES string of the molecule is COc1ccccc1C(=O)OCCc1c(C(c2ccc(OC(F)(F)F)cc2)c2c(O)cc(C)oc2=O)[nH]c2ccccc12. The Morgan fingerprint density at radius 2 is 1.72 bits per heavy atom. The van der Waals surface area contributed by atoms with Crippen LogP contribution in [-0.2, 0) is 11.2 Å². The number of rotatable bonds is 9. The van der Waals surface area contributed by atoms with Gasteiger partial charge >= 0.3 is 18.0 Å². The molecule has 0 aliphatic rings. The number of carbonyl (C=O) groups is 1. The predicted octanol–water partition coefficient (Wildman–Crippen LogP) is 6.62. The molecule has 3 aromatic carbocycles. The Labute approximate surface area is 243 Å². The van der Waals surface area contributed by atoms with Gasteiger partial charge in [-0.3, -0.25) is 0 Å². The van der Waals surface area contributed by atoms with E-state index in [2.05, 4.69) is 9.72 Å². The van der Waals surface area contributed by atoms with Crippen molar-refractivity contribution < 1.29 is 41.7 Å². The molecule has 0 saturated heterocycles. The standard InChI is InChI=1S/C32H26F3NO7/c1-18-17-25(37)28(31(39)42-18)27(19-11-13-20(14-12-19)43-32(33,34)35)29-22(21-7-3-5-9-24(21)36-29)15-16-41-30(38)23-8-4-6-10-26(23)40-2/h3-14,17,27,36-37H,15-16H2,1-2H3. The zero-order chi connectivity index (χ0) is 30.7. The van der Waals surface area contributed by atoms with Crippen molar-refractivity contribution in [2.24, 2.45) is 0 Å². The lowest BCUT2D eigenvalue weighted by Gasteiger charge is -2.20. The minimum absolute atomic E-state index is 0.0503. The van der Waals surface area contributed by atoms with E-state index in [0.717, 1.165) is 17.5 Å².